The summed E-state index contributed by atoms with van der Waals surface area (Å²) >= 11 is 3.47. The van der Waals surface area contributed by atoms with Gasteiger partial charge in [-0.25, -0.2) is 4.79 Å². The predicted octanol–water partition coefficient (Wildman–Crippen LogP) is 2.94. The molecule has 0 N–H and O–H groups in total. The van der Waals surface area contributed by atoms with Crippen molar-refractivity contribution in [2.24, 2.45) is 5.92 Å². The van der Waals surface area contributed by atoms with Crippen LogP contribution in [0.5, 0.6) is 0 Å². The van der Waals surface area contributed by atoms with Crippen molar-refractivity contribution in [2.75, 3.05) is 38.6 Å². The number of carbonyl (C=O) groups is 2. The van der Waals surface area contributed by atoms with Crippen molar-refractivity contribution in [2.45, 2.75) is 32.8 Å². The summed E-state index contributed by atoms with van der Waals surface area (Å²) in [4.78, 5) is 28.0. The van der Waals surface area contributed by atoms with Crippen LogP contribution in [0.25, 0.3) is 0 Å². The molecule has 1 heterocycles. The van der Waals surface area contributed by atoms with Crippen LogP contribution in [0, 0.1) is 5.92 Å². The fraction of sp³-hybridized carbons (Fsp3) is 0.667. The predicted molar refractivity (Wildman–Crippen MR) is 99.5 cm³/mol. The average molecular weight is 415 g/mol. The summed E-state index contributed by atoms with van der Waals surface area (Å²) in [6.45, 7) is 8.38. The smallest absolute Gasteiger partial charge is 0.410 e. The van der Waals surface area contributed by atoms with Gasteiger partial charge >= 0.3 is 12.1 Å². The molecule has 1 fully saturated rings. The summed E-state index contributed by atoms with van der Waals surface area (Å²) in [5.74, 6) is -0.410. The van der Waals surface area contributed by atoms with E-state index in [1.807, 2.05) is 20.8 Å². The third-order valence-corrected chi connectivity index (χ3v) is 4.93. The Morgan fingerprint density at radius 1 is 1.24 bits per heavy atom. The van der Waals surface area contributed by atoms with Gasteiger partial charge in [-0.05, 0) is 38.8 Å². The number of piperazine rings is 1. The minimum absolute atomic E-state index is 0.198. The fourth-order valence-corrected chi connectivity index (χ4v) is 3.51. The van der Waals surface area contributed by atoms with Crippen molar-refractivity contribution in [3.8, 4) is 0 Å². The maximum Gasteiger partial charge on any atom is 0.410 e. The number of carbonyl (C=O) groups excluding carboxylic acids is 2. The summed E-state index contributed by atoms with van der Waals surface area (Å²) in [7, 11) is 1.42. The van der Waals surface area contributed by atoms with Crippen LogP contribution in [0.4, 0.5) is 4.79 Å². The van der Waals surface area contributed by atoms with E-state index in [4.69, 9.17) is 9.47 Å². The van der Waals surface area contributed by atoms with Gasteiger partial charge in [-0.15, -0.1) is 0 Å². The largest absolute Gasteiger partial charge is 0.469 e. The van der Waals surface area contributed by atoms with E-state index in [1.54, 1.807) is 4.90 Å². The fourth-order valence-electron chi connectivity index (χ4n) is 2.96. The second-order valence-electron chi connectivity index (χ2n) is 7.25. The molecule has 0 aromatic carbocycles. The van der Waals surface area contributed by atoms with Crippen LogP contribution in [0.15, 0.2) is 23.4 Å². The number of esters is 1. The molecule has 0 aromatic rings. The van der Waals surface area contributed by atoms with Crippen molar-refractivity contribution in [1.82, 2.24) is 9.80 Å². The van der Waals surface area contributed by atoms with E-state index in [0.717, 1.165) is 24.4 Å². The molecule has 140 valence electrons. The van der Waals surface area contributed by atoms with Crippen molar-refractivity contribution in [3.05, 3.63) is 23.4 Å². The number of rotatable bonds is 3. The first-order chi connectivity index (χ1) is 11.7. The number of halogens is 1. The molecular weight excluding hydrogens is 388 g/mol. The molecule has 1 atom stereocenters. The number of methoxy groups -OCH3 is 1. The highest BCUT2D eigenvalue weighted by Crippen LogP contribution is 2.28. The minimum Gasteiger partial charge on any atom is -0.469 e. The molecule has 1 amide bonds. The topological polar surface area (TPSA) is 59.1 Å². The second-order valence-corrected chi connectivity index (χ2v) is 7.81. The van der Waals surface area contributed by atoms with Gasteiger partial charge in [0.2, 0.25) is 0 Å². The van der Waals surface area contributed by atoms with Crippen LogP contribution in [0.3, 0.4) is 0 Å². The first-order valence-corrected chi connectivity index (χ1v) is 9.64. The number of alkyl halides is 1. The molecule has 0 bridgehead atoms. The summed E-state index contributed by atoms with van der Waals surface area (Å²) in [6.07, 6.45) is 4.53. The number of hydrogen-bond acceptors (Lipinski definition) is 5. The van der Waals surface area contributed by atoms with Gasteiger partial charge in [0.05, 0.1) is 13.0 Å². The van der Waals surface area contributed by atoms with Gasteiger partial charge in [-0.3, -0.25) is 4.79 Å². The Morgan fingerprint density at radius 2 is 1.88 bits per heavy atom. The van der Waals surface area contributed by atoms with Crippen molar-refractivity contribution in [1.29, 1.82) is 0 Å². The molecule has 0 radical (unpaired) electrons. The minimum atomic E-state index is -0.476. The second kappa shape index (κ2) is 8.25. The summed E-state index contributed by atoms with van der Waals surface area (Å²) < 4.78 is 10.3. The first-order valence-electron chi connectivity index (χ1n) is 8.52. The quantitative estimate of drug-likeness (QED) is 0.524. The van der Waals surface area contributed by atoms with Crippen LogP contribution in [0.2, 0.25) is 0 Å². The molecular formula is C18H27BrN2O4. The maximum absolute atomic E-state index is 12.1. The van der Waals surface area contributed by atoms with Crippen LogP contribution < -0.4 is 0 Å². The lowest BCUT2D eigenvalue weighted by atomic mass is 9.91. The molecule has 1 aliphatic heterocycles. The molecule has 6 nitrogen and oxygen atoms in total. The van der Waals surface area contributed by atoms with Gasteiger partial charge in [-0.1, -0.05) is 22.0 Å². The molecule has 2 aliphatic rings. The first kappa shape index (κ1) is 19.8. The number of hydrogen-bond donors (Lipinski definition) is 0. The molecule has 0 aromatic heterocycles. The summed E-state index contributed by atoms with van der Waals surface area (Å²) in [6, 6.07) is 0. The van der Waals surface area contributed by atoms with E-state index in [0.29, 0.717) is 24.8 Å². The maximum atomic E-state index is 12.1. The van der Waals surface area contributed by atoms with Crippen LogP contribution >= 0.6 is 15.9 Å². The van der Waals surface area contributed by atoms with E-state index in [2.05, 4.69) is 33.0 Å². The highest BCUT2D eigenvalue weighted by Gasteiger charge is 2.29. The highest BCUT2D eigenvalue weighted by atomic mass is 79.9. The van der Waals surface area contributed by atoms with E-state index in [1.165, 1.54) is 7.11 Å². The molecule has 0 saturated carbocycles. The monoisotopic (exact) mass is 414 g/mol. The Bertz CT molecular complexity index is 572. The van der Waals surface area contributed by atoms with Gasteiger partial charge in [0, 0.05) is 37.2 Å². The Labute approximate surface area is 157 Å². The average Bonchev–Trinajstić information content (AvgIpc) is 2.59. The number of nitrogens with zero attached hydrogens (tertiary/aromatic N) is 2. The van der Waals surface area contributed by atoms with Gasteiger partial charge < -0.3 is 19.3 Å². The lowest BCUT2D eigenvalue weighted by Crippen LogP contribution is -2.49. The zero-order valence-corrected chi connectivity index (χ0v) is 17.0. The van der Waals surface area contributed by atoms with E-state index >= 15 is 0 Å². The number of amides is 1. The van der Waals surface area contributed by atoms with Crippen LogP contribution in [-0.4, -0.2) is 66.1 Å². The molecule has 1 aliphatic carbocycles. The van der Waals surface area contributed by atoms with E-state index < -0.39 is 5.60 Å². The van der Waals surface area contributed by atoms with Crippen molar-refractivity contribution >= 4 is 28.0 Å². The van der Waals surface area contributed by atoms with E-state index in [-0.39, 0.29) is 18.0 Å². The SMILES string of the molecule is COC(=O)C1CC=C(N2CCN(C(=O)OC(C)(C)C)CC2)C=C1CBr. The lowest BCUT2D eigenvalue weighted by Gasteiger charge is -2.38. The third-order valence-electron chi connectivity index (χ3n) is 4.28. The summed E-state index contributed by atoms with van der Waals surface area (Å²) in [5.41, 5.74) is 1.66. The molecule has 2 rings (SSSR count). The molecule has 1 saturated heterocycles. The lowest BCUT2D eigenvalue weighted by molar-refractivity contribution is -0.144. The molecule has 25 heavy (non-hydrogen) atoms. The standard InChI is InChI=1S/C18H27BrN2O4/c1-18(2,3)25-17(23)21-9-7-20(8-10-21)14-5-6-15(16(22)24-4)13(11-14)12-19/h5,11,15H,6-10,12H2,1-4H3. The van der Waals surface area contributed by atoms with Gasteiger partial charge in [0.15, 0.2) is 0 Å². The van der Waals surface area contributed by atoms with Crippen LogP contribution in [-0.2, 0) is 14.3 Å². The van der Waals surface area contributed by atoms with Gasteiger partial charge in [0.25, 0.3) is 0 Å². The Balaban J connectivity index is 1.95. The number of ether oxygens (including phenoxy) is 2. The molecule has 7 heteroatoms. The van der Waals surface area contributed by atoms with Gasteiger partial charge in [0.1, 0.15) is 5.60 Å². The molecule has 1 unspecified atom stereocenters. The Morgan fingerprint density at radius 3 is 2.40 bits per heavy atom. The van der Waals surface area contributed by atoms with Crippen LogP contribution in [0.1, 0.15) is 27.2 Å². The zero-order chi connectivity index (χ0) is 18.6. The Hall–Kier alpha value is -1.50. The normalized spacial score (nSPS) is 21.4. The van der Waals surface area contributed by atoms with E-state index in [9.17, 15) is 9.59 Å². The zero-order valence-electron chi connectivity index (χ0n) is 15.4. The molecule has 0 spiro atoms. The van der Waals surface area contributed by atoms with Crippen molar-refractivity contribution in [3.63, 3.8) is 0 Å². The van der Waals surface area contributed by atoms with Gasteiger partial charge in [-0.2, -0.15) is 0 Å². The Kier molecular flexibility index (Phi) is 6.54. The number of allylic oxidation sites excluding steroid dienone is 2. The van der Waals surface area contributed by atoms with Crippen molar-refractivity contribution < 1.29 is 19.1 Å². The summed E-state index contributed by atoms with van der Waals surface area (Å²) in [5, 5.41) is 0.641. The third kappa shape index (κ3) is 5.23. The highest BCUT2D eigenvalue weighted by molar-refractivity contribution is 9.09.